The number of carbonyl (C=O) groups excluding carboxylic acids is 3. The minimum atomic E-state index is -0.996. The molecule has 1 aromatic heterocycles. The molecule has 1 heterocycles. The summed E-state index contributed by atoms with van der Waals surface area (Å²) in [5.74, 6) is -0.408. The zero-order valence-electron chi connectivity index (χ0n) is 16.8. The Balaban J connectivity index is 1.67. The van der Waals surface area contributed by atoms with Crippen molar-refractivity contribution in [3.05, 3.63) is 23.0 Å². The molecule has 1 N–H and O–H groups in total. The van der Waals surface area contributed by atoms with Gasteiger partial charge >= 0.3 is 5.97 Å². The second-order valence-electron chi connectivity index (χ2n) is 8.33. The van der Waals surface area contributed by atoms with Crippen molar-refractivity contribution in [2.45, 2.75) is 77.8 Å². The third-order valence-electron chi connectivity index (χ3n) is 5.97. The average Bonchev–Trinajstić information content (AvgIpc) is 3.39. The van der Waals surface area contributed by atoms with Gasteiger partial charge < -0.3 is 14.6 Å². The summed E-state index contributed by atoms with van der Waals surface area (Å²) in [5, 5.41) is 2.80. The van der Waals surface area contributed by atoms with Crippen LogP contribution in [0.1, 0.15) is 80.2 Å². The molecule has 0 aromatic carbocycles. The Morgan fingerprint density at radius 3 is 2.37 bits per heavy atom. The molecule has 2 aliphatic rings. The average molecular weight is 374 g/mol. The van der Waals surface area contributed by atoms with E-state index in [0.717, 1.165) is 37.1 Å². The van der Waals surface area contributed by atoms with Crippen molar-refractivity contribution in [2.75, 3.05) is 6.61 Å². The lowest BCUT2D eigenvalue weighted by Gasteiger charge is -2.37. The maximum Gasteiger partial charge on any atom is 0.332 e. The molecular weight excluding hydrogens is 344 g/mol. The van der Waals surface area contributed by atoms with E-state index in [9.17, 15) is 14.4 Å². The van der Waals surface area contributed by atoms with Gasteiger partial charge in [-0.2, -0.15) is 0 Å². The van der Waals surface area contributed by atoms with Crippen LogP contribution >= 0.6 is 0 Å². The maximum absolute atomic E-state index is 12.8. The minimum absolute atomic E-state index is 0.189. The summed E-state index contributed by atoms with van der Waals surface area (Å²) in [4.78, 5) is 37.1. The van der Waals surface area contributed by atoms with Crippen LogP contribution in [0.5, 0.6) is 0 Å². The second-order valence-corrected chi connectivity index (χ2v) is 8.33. The van der Waals surface area contributed by atoms with Crippen LogP contribution in [-0.2, 0) is 14.3 Å². The fourth-order valence-electron chi connectivity index (χ4n) is 4.27. The van der Waals surface area contributed by atoms with Gasteiger partial charge in [-0.15, -0.1) is 0 Å². The highest BCUT2D eigenvalue weighted by Crippen LogP contribution is 2.38. The number of ketones is 1. The molecule has 6 nitrogen and oxygen atoms in total. The molecule has 0 bridgehead atoms. The van der Waals surface area contributed by atoms with Crippen molar-refractivity contribution in [1.29, 1.82) is 0 Å². The van der Waals surface area contributed by atoms with Crippen molar-refractivity contribution in [2.24, 2.45) is 5.92 Å². The molecule has 27 heavy (non-hydrogen) atoms. The van der Waals surface area contributed by atoms with E-state index in [1.807, 2.05) is 19.9 Å². The number of hydrogen-bond donors (Lipinski definition) is 1. The first-order valence-electron chi connectivity index (χ1n) is 9.91. The van der Waals surface area contributed by atoms with Crippen LogP contribution in [0.2, 0.25) is 0 Å². The van der Waals surface area contributed by atoms with Gasteiger partial charge in [-0.3, -0.25) is 9.59 Å². The Morgan fingerprint density at radius 2 is 1.81 bits per heavy atom. The smallest absolute Gasteiger partial charge is 0.332 e. The molecule has 2 fully saturated rings. The van der Waals surface area contributed by atoms with Crippen LogP contribution in [0.4, 0.5) is 0 Å². The summed E-state index contributed by atoms with van der Waals surface area (Å²) in [6, 6.07) is 2.39. The first-order chi connectivity index (χ1) is 12.7. The molecule has 0 unspecified atom stereocenters. The van der Waals surface area contributed by atoms with Crippen molar-refractivity contribution >= 4 is 17.7 Å². The van der Waals surface area contributed by atoms with Gasteiger partial charge in [0, 0.05) is 29.9 Å². The van der Waals surface area contributed by atoms with E-state index in [1.54, 1.807) is 0 Å². The predicted molar refractivity (Wildman–Crippen MR) is 102 cm³/mol. The van der Waals surface area contributed by atoms with E-state index in [1.165, 1.54) is 6.92 Å². The van der Waals surface area contributed by atoms with Gasteiger partial charge in [-0.25, -0.2) is 4.79 Å². The summed E-state index contributed by atoms with van der Waals surface area (Å²) in [7, 11) is 0. The van der Waals surface area contributed by atoms with Crippen LogP contribution in [0.25, 0.3) is 0 Å². The Hall–Kier alpha value is -2.11. The summed E-state index contributed by atoms with van der Waals surface area (Å²) in [6.07, 6.45) is 5.11. The Morgan fingerprint density at radius 1 is 1.19 bits per heavy atom. The molecule has 1 amide bonds. The standard InChI is InChI=1S/C21H30N2O4/c1-13-7-9-21(10-8-13,22-16(4)24)20(26)27-12-19(25)18-11-14(2)23(15(18)3)17-5-6-17/h11,13,17H,5-10,12H2,1-4H3,(H,22,24). The highest BCUT2D eigenvalue weighted by Gasteiger charge is 2.43. The zero-order valence-corrected chi connectivity index (χ0v) is 16.8. The van der Waals surface area contributed by atoms with Crippen LogP contribution in [0, 0.1) is 19.8 Å². The van der Waals surface area contributed by atoms with Gasteiger partial charge in [0.05, 0.1) is 0 Å². The van der Waals surface area contributed by atoms with Crippen molar-refractivity contribution < 1.29 is 19.1 Å². The Bertz CT molecular complexity index is 752. The molecule has 0 saturated heterocycles. The fraction of sp³-hybridized carbons (Fsp3) is 0.667. The van der Waals surface area contributed by atoms with E-state index in [2.05, 4.69) is 16.8 Å². The van der Waals surface area contributed by atoms with Crippen molar-refractivity contribution in [3.63, 3.8) is 0 Å². The lowest BCUT2D eigenvalue weighted by atomic mass is 9.77. The highest BCUT2D eigenvalue weighted by molar-refractivity contribution is 6.00. The van der Waals surface area contributed by atoms with Gasteiger partial charge in [0.15, 0.2) is 6.61 Å². The van der Waals surface area contributed by atoms with Gasteiger partial charge in [-0.05, 0) is 64.4 Å². The van der Waals surface area contributed by atoms with Gasteiger partial charge in [0.25, 0.3) is 0 Å². The number of aromatic nitrogens is 1. The first-order valence-corrected chi connectivity index (χ1v) is 9.91. The lowest BCUT2D eigenvalue weighted by Crippen LogP contribution is -2.56. The zero-order chi connectivity index (χ0) is 19.8. The summed E-state index contributed by atoms with van der Waals surface area (Å²) < 4.78 is 7.61. The monoisotopic (exact) mass is 374 g/mol. The number of nitrogens with one attached hydrogen (secondary N) is 1. The van der Waals surface area contributed by atoms with E-state index in [4.69, 9.17) is 4.74 Å². The topological polar surface area (TPSA) is 77.4 Å². The molecular formula is C21H30N2O4. The van der Waals surface area contributed by atoms with E-state index >= 15 is 0 Å². The molecule has 2 aliphatic carbocycles. The molecule has 3 rings (SSSR count). The largest absolute Gasteiger partial charge is 0.456 e. The highest BCUT2D eigenvalue weighted by atomic mass is 16.5. The van der Waals surface area contributed by atoms with Crippen LogP contribution in [0.15, 0.2) is 6.07 Å². The first kappa shape index (κ1) is 19.6. The number of rotatable bonds is 6. The van der Waals surface area contributed by atoms with E-state index in [-0.39, 0.29) is 18.3 Å². The molecule has 1 aromatic rings. The van der Waals surface area contributed by atoms with Crippen LogP contribution < -0.4 is 5.32 Å². The van der Waals surface area contributed by atoms with Gasteiger partial charge in [0.2, 0.25) is 11.7 Å². The number of ether oxygens (including phenoxy) is 1. The van der Waals surface area contributed by atoms with Crippen LogP contribution in [0.3, 0.4) is 0 Å². The van der Waals surface area contributed by atoms with E-state index < -0.39 is 11.5 Å². The number of esters is 1. The fourth-order valence-corrected chi connectivity index (χ4v) is 4.27. The molecule has 0 radical (unpaired) electrons. The number of Topliss-reactive ketones (excluding diaryl/α,β-unsaturated/α-hetero) is 1. The third-order valence-corrected chi connectivity index (χ3v) is 5.97. The molecule has 148 valence electrons. The van der Waals surface area contributed by atoms with Gasteiger partial charge in [0.1, 0.15) is 5.54 Å². The predicted octanol–water partition coefficient (Wildman–Crippen LogP) is 3.25. The Labute approximate surface area is 160 Å². The number of hydrogen-bond acceptors (Lipinski definition) is 4. The lowest BCUT2D eigenvalue weighted by molar-refractivity contribution is -0.154. The molecule has 2 saturated carbocycles. The summed E-state index contributed by atoms with van der Waals surface area (Å²) >= 11 is 0. The number of aryl methyl sites for hydroxylation is 1. The van der Waals surface area contributed by atoms with Crippen molar-refractivity contribution in [1.82, 2.24) is 9.88 Å². The molecule has 6 heteroatoms. The van der Waals surface area contributed by atoms with Crippen molar-refractivity contribution in [3.8, 4) is 0 Å². The van der Waals surface area contributed by atoms with Crippen LogP contribution in [-0.4, -0.2) is 34.4 Å². The summed E-state index contributed by atoms with van der Waals surface area (Å²) in [6.45, 7) is 7.21. The number of amides is 1. The number of carbonyl (C=O) groups is 3. The second kappa shape index (κ2) is 7.49. The van der Waals surface area contributed by atoms with Gasteiger partial charge in [-0.1, -0.05) is 6.92 Å². The number of nitrogens with zero attached hydrogens (tertiary/aromatic N) is 1. The normalized spacial score (nSPS) is 25.1. The Kier molecular flexibility index (Phi) is 5.45. The SMILES string of the molecule is CC(=O)NC1(C(=O)OCC(=O)c2cc(C)n(C3CC3)c2C)CCC(C)CC1. The van der Waals surface area contributed by atoms with E-state index in [0.29, 0.717) is 30.4 Å². The third kappa shape index (κ3) is 4.09. The molecule has 0 aliphatic heterocycles. The minimum Gasteiger partial charge on any atom is -0.456 e. The summed E-state index contributed by atoms with van der Waals surface area (Å²) in [5.41, 5.74) is 1.64. The molecule has 0 atom stereocenters. The molecule has 0 spiro atoms. The quantitative estimate of drug-likeness (QED) is 0.612. The maximum atomic E-state index is 12.8.